The van der Waals surface area contributed by atoms with Crippen LogP contribution in [0.25, 0.3) is 0 Å². The summed E-state index contributed by atoms with van der Waals surface area (Å²) in [6, 6.07) is 10.1. The molecule has 0 spiro atoms. The van der Waals surface area contributed by atoms with Crippen molar-refractivity contribution in [3.05, 3.63) is 29.8 Å². The highest BCUT2D eigenvalue weighted by Gasteiger charge is 2.24. The number of benzene rings is 1. The summed E-state index contributed by atoms with van der Waals surface area (Å²) in [5.41, 5.74) is 2.88. The van der Waals surface area contributed by atoms with Crippen LogP contribution in [0.4, 0.5) is 5.69 Å². The molecular formula is C17H28N2. The lowest BCUT2D eigenvalue weighted by atomic mass is 10.0. The zero-order valence-corrected chi connectivity index (χ0v) is 12.7. The molecule has 1 aromatic carbocycles. The Morgan fingerprint density at radius 3 is 2.53 bits per heavy atom. The van der Waals surface area contributed by atoms with Gasteiger partial charge in [-0.3, -0.25) is 0 Å². The summed E-state index contributed by atoms with van der Waals surface area (Å²) < 4.78 is 0. The average molecular weight is 260 g/mol. The van der Waals surface area contributed by atoms with Gasteiger partial charge < -0.3 is 10.2 Å². The summed E-state index contributed by atoms with van der Waals surface area (Å²) in [6.45, 7) is 8.86. The second-order valence-electron chi connectivity index (χ2n) is 5.56. The van der Waals surface area contributed by atoms with Gasteiger partial charge in [0.15, 0.2) is 0 Å². The Bertz CT molecular complexity index is 383. The Labute approximate surface area is 118 Å². The number of anilines is 1. The maximum absolute atomic E-state index is 3.55. The molecule has 0 bridgehead atoms. The summed E-state index contributed by atoms with van der Waals surface area (Å²) in [6.07, 6.45) is 5.51. The predicted octanol–water partition coefficient (Wildman–Crippen LogP) is 4.13. The minimum atomic E-state index is 0.427. The van der Waals surface area contributed by atoms with Gasteiger partial charge in [-0.05, 0) is 44.9 Å². The van der Waals surface area contributed by atoms with Crippen molar-refractivity contribution in [3.63, 3.8) is 0 Å². The van der Waals surface area contributed by atoms with Crippen molar-refractivity contribution >= 4 is 5.69 Å². The minimum absolute atomic E-state index is 0.427. The second-order valence-corrected chi connectivity index (χ2v) is 5.56. The van der Waals surface area contributed by atoms with Gasteiger partial charge in [0.1, 0.15) is 0 Å². The zero-order chi connectivity index (χ0) is 13.7. The van der Waals surface area contributed by atoms with E-state index in [1.54, 1.807) is 0 Å². The quantitative estimate of drug-likeness (QED) is 0.827. The van der Waals surface area contributed by atoms with Crippen LogP contribution in [0.1, 0.15) is 58.1 Å². The Balaban J connectivity index is 2.25. The lowest BCUT2D eigenvalue weighted by Gasteiger charge is -2.33. The van der Waals surface area contributed by atoms with E-state index in [0.717, 1.165) is 19.1 Å². The van der Waals surface area contributed by atoms with E-state index in [1.807, 2.05) is 0 Å². The largest absolute Gasteiger partial charge is 0.369 e. The van der Waals surface area contributed by atoms with Gasteiger partial charge in [0.05, 0.1) is 0 Å². The highest BCUT2D eigenvalue weighted by atomic mass is 15.2. The molecule has 0 aliphatic heterocycles. The van der Waals surface area contributed by atoms with E-state index < -0.39 is 0 Å². The number of para-hydroxylation sites is 1. The van der Waals surface area contributed by atoms with Crippen LogP contribution in [-0.4, -0.2) is 19.1 Å². The Morgan fingerprint density at radius 1 is 1.21 bits per heavy atom. The van der Waals surface area contributed by atoms with Crippen molar-refractivity contribution in [2.75, 3.05) is 18.0 Å². The number of nitrogens with zero attached hydrogens (tertiary/aromatic N) is 1. The van der Waals surface area contributed by atoms with E-state index in [9.17, 15) is 0 Å². The van der Waals surface area contributed by atoms with Gasteiger partial charge in [-0.15, -0.1) is 0 Å². The minimum Gasteiger partial charge on any atom is -0.369 e. The number of nitrogens with one attached hydrogen (secondary N) is 1. The molecule has 0 heterocycles. The molecule has 2 heteroatoms. The van der Waals surface area contributed by atoms with Gasteiger partial charge in [0.2, 0.25) is 0 Å². The van der Waals surface area contributed by atoms with Crippen molar-refractivity contribution in [1.29, 1.82) is 0 Å². The molecule has 0 saturated heterocycles. The molecule has 1 N–H and O–H groups in total. The van der Waals surface area contributed by atoms with Crippen LogP contribution in [0.15, 0.2) is 24.3 Å². The molecule has 0 amide bonds. The third-order valence-corrected chi connectivity index (χ3v) is 4.33. The monoisotopic (exact) mass is 260 g/mol. The van der Waals surface area contributed by atoms with E-state index in [2.05, 4.69) is 55.3 Å². The fraction of sp³-hybridized carbons (Fsp3) is 0.647. The molecule has 1 aliphatic carbocycles. The van der Waals surface area contributed by atoms with Crippen molar-refractivity contribution in [2.45, 2.75) is 58.5 Å². The van der Waals surface area contributed by atoms with Gasteiger partial charge in [-0.1, -0.05) is 38.0 Å². The van der Waals surface area contributed by atoms with Crippen LogP contribution < -0.4 is 10.2 Å². The molecule has 106 valence electrons. The van der Waals surface area contributed by atoms with Crippen LogP contribution in [0.5, 0.6) is 0 Å². The maximum Gasteiger partial charge on any atom is 0.0417 e. The molecule has 1 aliphatic rings. The van der Waals surface area contributed by atoms with Crippen molar-refractivity contribution in [3.8, 4) is 0 Å². The van der Waals surface area contributed by atoms with Gasteiger partial charge in [0, 0.05) is 24.3 Å². The van der Waals surface area contributed by atoms with Gasteiger partial charge in [-0.25, -0.2) is 0 Å². The molecule has 2 rings (SSSR count). The van der Waals surface area contributed by atoms with E-state index in [-0.39, 0.29) is 0 Å². The highest BCUT2D eigenvalue weighted by Crippen LogP contribution is 2.32. The average Bonchev–Trinajstić information content (AvgIpc) is 2.94. The molecule has 0 aromatic heterocycles. The predicted molar refractivity (Wildman–Crippen MR) is 83.8 cm³/mol. The molecule has 1 aromatic rings. The fourth-order valence-corrected chi connectivity index (χ4v) is 3.37. The molecule has 1 fully saturated rings. The first-order chi connectivity index (χ1) is 9.27. The molecular weight excluding hydrogens is 232 g/mol. The molecule has 1 saturated carbocycles. The van der Waals surface area contributed by atoms with Crippen LogP contribution in [0, 0.1) is 0 Å². The number of rotatable bonds is 6. The summed E-state index contributed by atoms with van der Waals surface area (Å²) in [5, 5.41) is 3.55. The lowest BCUT2D eigenvalue weighted by Crippen LogP contribution is -2.34. The van der Waals surface area contributed by atoms with E-state index in [1.165, 1.54) is 36.9 Å². The molecule has 19 heavy (non-hydrogen) atoms. The zero-order valence-electron chi connectivity index (χ0n) is 12.7. The van der Waals surface area contributed by atoms with Crippen molar-refractivity contribution in [2.24, 2.45) is 0 Å². The number of hydrogen-bond donors (Lipinski definition) is 1. The fourth-order valence-electron chi connectivity index (χ4n) is 3.37. The van der Waals surface area contributed by atoms with Gasteiger partial charge >= 0.3 is 0 Å². The first-order valence-corrected chi connectivity index (χ1v) is 7.86. The summed E-state index contributed by atoms with van der Waals surface area (Å²) in [4.78, 5) is 2.62. The highest BCUT2D eigenvalue weighted by molar-refractivity contribution is 5.55. The first kappa shape index (κ1) is 14.4. The Kier molecular flexibility index (Phi) is 5.26. The Hall–Kier alpha value is -1.02. The summed E-state index contributed by atoms with van der Waals surface area (Å²) in [7, 11) is 0. The lowest BCUT2D eigenvalue weighted by molar-refractivity contribution is 0.581. The molecule has 2 nitrogen and oxygen atoms in total. The second kappa shape index (κ2) is 6.95. The third-order valence-electron chi connectivity index (χ3n) is 4.33. The summed E-state index contributed by atoms with van der Waals surface area (Å²) in [5.74, 6) is 0. The van der Waals surface area contributed by atoms with Crippen LogP contribution in [-0.2, 0) is 0 Å². The van der Waals surface area contributed by atoms with Gasteiger partial charge in [0.25, 0.3) is 0 Å². The van der Waals surface area contributed by atoms with Crippen LogP contribution >= 0.6 is 0 Å². The summed E-state index contributed by atoms with van der Waals surface area (Å²) >= 11 is 0. The Morgan fingerprint density at radius 2 is 1.89 bits per heavy atom. The van der Waals surface area contributed by atoms with Crippen molar-refractivity contribution < 1.29 is 0 Å². The molecule has 0 radical (unpaired) electrons. The molecule has 1 unspecified atom stereocenters. The smallest absolute Gasteiger partial charge is 0.0417 e. The topological polar surface area (TPSA) is 15.3 Å². The van der Waals surface area contributed by atoms with Gasteiger partial charge in [-0.2, -0.15) is 0 Å². The SMILES string of the molecule is CCNC(C)c1ccccc1N(CC)C1CCCC1. The van der Waals surface area contributed by atoms with Crippen LogP contribution in [0.2, 0.25) is 0 Å². The normalized spacial score (nSPS) is 17.6. The van der Waals surface area contributed by atoms with E-state index in [0.29, 0.717) is 6.04 Å². The third kappa shape index (κ3) is 3.30. The van der Waals surface area contributed by atoms with E-state index >= 15 is 0 Å². The van der Waals surface area contributed by atoms with Crippen molar-refractivity contribution in [1.82, 2.24) is 5.32 Å². The molecule has 1 atom stereocenters. The maximum atomic E-state index is 3.55. The standard InChI is InChI=1S/C17H28N2/c1-4-18-14(3)16-12-8-9-13-17(16)19(5-2)15-10-6-7-11-15/h8-9,12-15,18H,4-7,10-11H2,1-3H3. The van der Waals surface area contributed by atoms with E-state index in [4.69, 9.17) is 0 Å². The first-order valence-electron chi connectivity index (χ1n) is 7.86. The van der Waals surface area contributed by atoms with Crippen LogP contribution in [0.3, 0.4) is 0 Å². The number of hydrogen-bond acceptors (Lipinski definition) is 2.